The summed E-state index contributed by atoms with van der Waals surface area (Å²) in [6.07, 6.45) is 6.99. The second-order valence-electron chi connectivity index (χ2n) is 5.81. The molecule has 0 saturated heterocycles. The summed E-state index contributed by atoms with van der Waals surface area (Å²) >= 11 is 0. The van der Waals surface area contributed by atoms with Gasteiger partial charge in [0, 0.05) is 6.42 Å². The maximum atomic E-state index is 12.1. The Morgan fingerprint density at radius 2 is 1.82 bits per heavy atom. The zero-order chi connectivity index (χ0) is 16.8. The van der Waals surface area contributed by atoms with E-state index < -0.39 is 0 Å². The first-order chi connectivity index (χ1) is 10.5. The Kier molecular flexibility index (Phi) is 12.9. The van der Waals surface area contributed by atoms with Crippen LogP contribution in [0.3, 0.4) is 0 Å². The third kappa shape index (κ3) is 10.6. The van der Waals surface area contributed by atoms with E-state index in [0.717, 1.165) is 51.4 Å². The molecule has 0 aromatic heterocycles. The summed E-state index contributed by atoms with van der Waals surface area (Å²) in [5.74, 6) is -0.351. The lowest BCUT2D eigenvalue weighted by molar-refractivity contribution is -0.153. The first-order valence-corrected chi connectivity index (χ1v) is 8.70. The average molecular weight is 313 g/mol. The van der Waals surface area contributed by atoms with E-state index in [4.69, 9.17) is 9.47 Å². The van der Waals surface area contributed by atoms with Crippen molar-refractivity contribution in [3.05, 3.63) is 6.92 Å². The highest BCUT2D eigenvalue weighted by molar-refractivity contribution is 5.72. The van der Waals surface area contributed by atoms with Gasteiger partial charge in [-0.2, -0.15) is 0 Å². The molecule has 0 heterocycles. The van der Waals surface area contributed by atoms with Crippen LogP contribution in [-0.2, 0) is 19.1 Å². The molecule has 2 atom stereocenters. The van der Waals surface area contributed by atoms with Crippen molar-refractivity contribution in [3.63, 3.8) is 0 Å². The van der Waals surface area contributed by atoms with Crippen LogP contribution in [0.2, 0.25) is 0 Å². The fourth-order valence-corrected chi connectivity index (χ4v) is 2.07. The highest BCUT2D eigenvalue weighted by atomic mass is 16.5. The number of unbranched alkanes of at least 4 members (excludes halogenated alkanes) is 2. The van der Waals surface area contributed by atoms with Gasteiger partial charge in [-0.25, -0.2) is 0 Å². The number of rotatable bonds is 13. The predicted octanol–water partition coefficient (Wildman–Crippen LogP) is 4.46. The van der Waals surface area contributed by atoms with E-state index in [0.29, 0.717) is 13.0 Å². The van der Waals surface area contributed by atoms with Crippen LogP contribution in [0.15, 0.2) is 0 Å². The minimum Gasteiger partial charge on any atom is -0.466 e. The predicted molar refractivity (Wildman–Crippen MR) is 88.3 cm³/mol. The molecule has 1 radical (unpaired) electrons. The van der Waals surface area contributed by atoms with E-state index in [-0.39, 0.29) is 24.0 Å². The summed E-state index contributed by atoms with van der Waals surface area (Å²) in [5, 5.41) is 0. The Balaban J connectivity index is 3.94. The average Bonchev–Trinajstić information content (AvgIpc) is 2.50. The molecule has 22 heavy (non-hydrogen) atoms. The lowest BCUT2D eigenvalue weighted by Gasteiger charge is -2.18. The number of carbonyl (C=O) groups excluding carboxylic acids is 2. The van der Waals surface area contributed by atoms with Gasteiger partial charge >= 0.3 is 11.9 Å². The van der Waals surface area contributed by atoms with Crippen molar-refractivity contribution < 1.29 is 19.1 Å². The smallest absolute Gasteiger partial charge is 0.309 e. The van der Waals surface area contributed by atoms with Gasteiger partial charge in [-0.1, -0.05) is 40.0 Å². The third-order valence-corrected chi connectivity index (χ3v) is 3.72. The standard InChI is InChI=1S/C18H33O4/c1-5-8-14-21-17(19)13-10-9-12-16(11-6-2)18(20)22-15(4)7-3/h15-16H,2,5-14H2,1,3-4H3. The van der Waals surface area contributed by atoms with E-state index in [2.05, 4.69) is 13.8 Å². The molecule has 0 spiro atoms. The van der Waals surface area contributed by atoms with Gasteiger partial charge in [-0.05, 0) is 39.0 Å². The van der Waals surface area contributed by atoms with Crippen LogP contribution in [0.5, 0.6) is 0 Å². The second kappa shape index (κ2) is 13.6. The van der Waals surface area contributed by atoms with Gasteiger partial charge in [0.2, 0.25) is 0 Å². The van der Waals surface area contributed by atoms with Crippen molar-refractivity contribution in [3.8, 4) is 0 Å². The van der Waals surface area contributed by atoms with Crippen molar-refractivity contribution in [1.82, 2.24) is 0 Å². The van der Waals surface area contributed by atoms with Crippen LogP contribution >= 0.6 is 0 Å². The summed E-state index contributed by atoms with van der Waals surface area (Å²) < 4.78 is 10.5. The fraction of sp³-hybridized carbons (Fsp3) is 0.833. The number of esters is 2. The molecule has 0 fully saturated rings. The minimum absolute atomic E-state index is 0.0339. The van der Waals surface area contributed by atoms with Gasteiger partial charge in [0.05, 0.1) is 18.6 Å². The number of hydrogen-bond donors (Lipinski definition) is 0. The first-order valence-electron chi connectivity index (χ1n) is 8.70. The Hall–Kier alpha value is -1.06. The first kappa shape index (κ1) is 20.9. The Bertz CT molecular complexity index is 301. The third-order valence-electron chi connectivity index (χ3n) is 3.72. The molecule has 0 aliphatic rings. The topological polar surface area (TPSA) is 52.6 Å². The van der Waals surface area contributed by atoms with Crippen molar-refractivity contribution in [2.75, 3.05) is 6.61 Å². The molecule has 2 unspecified atom stereocenters. The van der Waals surface area contributed by atoms with Crippen LogP contribution in [0.25, 0.3) is 0 Å². The largest absolute Gasteiger partial charge is 0.466 e. The fourth-order valence-electron chi connectivity index (χ4n) is 2.07. The Morgan fingerprint density at radius 3 is 2.41 bits per heavy atom. The van der Waals surface area contributed by atoms with Crippen LogP contribution in [0, 0.1) is 12.8 Å². The summed E-state index contributed by atoms with van der Waals surface area (Å²) in [4.78, 5) is 23.5. The van der Waals surface area contributed by atoms with Crippen LogP contribution in [-0.4, -0.2) is 24.6 Å². The highest BCUT2D eigenvalue weighted by Crippen LogP contribution is 2.18. The Morgan fingerprint density at radius 1 is 1.09 bits per heavy atom. The maximum Gasteiger partial charge on any atom is 0.309 e. The molecular weight excluding hydrogens is 280 g/mol. The number of carbonyl (C=O) groups is 2. The van der Waals surface area contributed by atoms with E-state index in [9.17, 15) is 9.59 Å². The van der Waals surface area contributed by atoms with Crippen LogP contribution in [0.1, 0.15) is 78.6 Å². The van der Waals surface area contributed by atoms with Gasteiger partial charge in [-0.3, -0.25) is 9.59 Å². The van der Waals surface area contributed by atoms with Gasteiger partial charge in [-0.15, -0.1) is 0 Å². The van der Waals surface area contributed by atoms with Crippen molar-refractivity contribution in [1.29, 1.82) is 0 Å². The van der Waals surface area contributed by atoms with E-state index in [1.165, 1.54) is 0 Å². The van der Waals surface area contributed by atoms with E-state index >= 15 is 0 Å². The molecule has 0 amide bonds. The van der Waals surface area contributed by atoms with Gasteiger partial charge in [0.25, 0.3) is 0 Å². The van der Waals surface area contributed by atoms with Gasteiger partial charge in [0.1, 0.15) is 0 Å². The maximum absolute atomic E-state index is 12.1. The summed E-state index contributed by atoms with van der Waals surface area (Å²) in [7, 11) is 0. The zero-order valence-electron chi connectivity index (χ0n) is 14.6. The molecule has 0 aliphatic carbocycles. The lowest BCUT2D eigenvalue weighted by atomic mass is 9.96. The molecule has 129 valence electrons. The molecule has 4 nitrogen and oxygen atoms in total. The van der Waals surface area contributed by atoms with Crippen LogP contribution in [0.4, 0.5) is 0 Å². The van der Waals surface area contributed by atoms with Crippen molar-refractivity contribution in [2.45, 2.75) is 84.7 Å². The molecule has 0 rings (SSSR count). The van der Waals surface area contributed by atoms with Crippen LogP contribution < -0.4 is 0 Å². The van der Waals surface area contributed by atoms with Crippen molar-refractivity contribution >= 4 is 11.9 Å². The summed E-state index contributed by atoms with van der Waals surface area (Å²) in [6.45, 7) is 10.3. The van der Waals surface area contributed by atoms with E-state index in [1.54, 1.807) is 0 Å². The summed E-state index contributed by atoms with van der Waals surface area (Å²) in [6, 6.07) is 0. The summed E-state index contributed by atoms with van der Waals surface area (Å²) in [5.41, 5.74) is 0. The van der Waals surface area contributed by atoms with E-state index in [1.807, 2.05) is 13.8 Å². The molecule has 0 aliphatic heterocycles. The van der Waals surface area contributed by atoms with Gasteiger partial charge < -0.3 is 9.47 Å². The molecule has 4 heteroatoms. The lowest BCUT2D eigenvalue weighted by Crippen LogP contribution is -2.22. The van der Waals surface area contributed by atoms with Gasteiger partial charge in [0.15, 0.2) is 0 Å². The minimum atomic E-state index is -0.135. The molecule has 0 aromatic carbocycles. The molecule has 0 bridgehead atoms. The quantitative estimate of drug-likeness (QED) is 0.372. The monoisotopic (exact) mass is 313 g/mol. The SMILES string of the molecule is [CH2]CCC(CCCCC(=O)OCCCC)C(=O)OC(C)CC. The normalized spacial score (nSPS) is 13.5. The molecule has 0 N–H and O–H groups in total. The Labute approximate surface area is 135 Å². The molecule has 0 aromatic rings. The zero-order valence-corrected chi connectivity index (χ0v) is 14.6. The highest BCUT2D eigenvalue weighted by Gasteiger charge is 2.20. The molecular formula is C18H33O4. The molecule has 0 saturated carbocycles. The number of hydrogen-bond acceptors (Lipinski definition) is 4. The number of ether oxygens (including phenoxy) is 2. The van der Waals surface area contributed by atoms with Crippen molar-refractivity contribution in [2.24, 2.45) is 5.92 Å². The second-order valence-corrected chi connectivity index (χ2v) is 5.81.